The molecule has 1 rings (SSSR count). The van der Waals surface area contributed by atoms with E-state index in [1.165, 1.54) is 7.11 Å². The third kappa shape index (κ3) is 2.80. The number of aromatic nitrogens is 1. The van der Waals surface area contributed by atoms with Crippen molar-refractivity contribution < 1.29 is 28.2 Å². The van der Waals surface area contributed by atoms with Gasteiger partial charge in [0.05, 0.1) is 32.5 Å². The van der Waals surface area contributed by atoms with E-state index in [1.807, 2.05) is 0 Å². The SMILES string of the molecule is COC(=O)Cc1ncc(O)c(C(F)F)c1OC. The average molecular weight is 247 g/mol. The number of carbonyl (C=O) groups is 1. The highest BCUT2D eigenvalue weighted by atomic mass is 19.3. The van der Waals surface area contributed by atoms with Gasteiger partial charge in [0.25, 0.3) is 6.43 Å². The fraction of sp³-hybridized carbons (Fsp3) is 0.400. The van der Waals surface area contributed by atoms with Crippen LogP contribution < -0.4 is 4.74 Å². The Labute approximate surface area is 96.0 Å². The average Bonchev–Trinajstić information content (AvgIpc) is 2.30. The number of carbonyl (C=O) groups excluding carboxylic acids is 1. The van der Waals surface area contributed by atoms with Crippen LogP contribution in [0.4, 0.5) is 8.78 Å². The summed E-state index contributed by atoms with van der Waals surface area (Å²) in [5, 5.41) is 9.27. The number of ether oxygens (including phenoxy) is 2. The van der Waals surface area contributed by atoms with E-state index in [2.05, 4.69) is 9.72 Å². The molecule has 7 heteroatoms. The van der Waals surface area contributed by atoms with Crippen molar-refractivity contribution in [2.75, 3.05) is 14.2 Å². The lowest BCUT2D eigenvalue weighted by molar-refractivity contribution is -0.139. The quantitative estimate of drug-likeness (QED) is 0.815. The zero-order chi connectivity index (χ0) is 13.0. The lowest BCUT2D eigenvalue weighted by Gasteiger charge is -2.12. The number of aromatic hydroxyl groups is 1. The fourth-order valence-electron chi connectivity index (χ4n) is 1.31. The van der Waals surface area contributed by atoms with E-state index in [0.717, 1.165) is 13.3 Å². The van der Waals surface area contributed by atoms with Crippen molar-refractivity contribution in [2.24, 2.45) is 0 Å². The normalized spacial score (nSPS) is 10.4. The van der Waals surface area contributed by atoms with E-state index in [1.54, 1.807) is 0 Å². The van der Waals surface area contributed by atoms with Crippen LogP contribution in [0.3, 0.4) is 0 Å². The predicted molar refractivity (Wildman–Crippen MR) is 53.1 cm³/mol. The van der Waals surface area contributed by atoms with Gasteiger partial charge in [0.1, 0.15) is 11.3 Å². The zero-order valence-electron chi connectivity index (χ0n) is 9.24. The van der Waals surface area contributed by atoms with E-state index in [9.17, 15) is 18.7 Å². The second-order valence-electron chi connectivity index (χ2n) is 3.09. The summed E-state index contributed by atoms with van der Waals surface area (Å²) in [4.78, 5) is 14.7. The predicted octanol–water partition coefficient (Wildman–Crippen LogP) is 1.45. The van der Waals surface area contributed by atoms with Crippen LogP contribution in [0.25, 0.3) is 0 Å². The van der Waals surface area contributed by atoms with Crippen LogP contribution in [-0.2, 0) is 16.0 Å². The molecule has 0 radical (unpaired) electrons. The first-order valence-electron chi connectivity index (χ1n) is 4.61. The molecule has 0 aromatic carbocycles. The van der Waals surface area contributed by atoms with Gasteiger partial charge in [-0.3, -0.25) is 9.78 Å². The number of pyridine rings is 1. The maximum absolute atomic E-state index is 12.7. The van der Waals surface area contributed by atoms with Crippen molar-refractivity contribution >= 4 is 5.97 Å². The highest BCUT2D eigenvalue weighted by Gasteiger charge is 2.24. The molecule has 1 heterocycles. The van der Waals surface area contributed by atoms with Crippen LogP contribution in [0.5, 0.6) is 11.5 Å². The largest absolute Gasteiger partial charge is 0.506 e. The van der Waals surface area contributed by atoms with Crippen molar-refractivity contribution in [1.82, 2.24) is 4.98 Å². The summed E-state index contributed by atoms with van der Waals surface area (Å²) in [7, 11) is 2.33. The van der Waals surface area contributed by atoms with Crippen molar-refractivity contribution in [3.63, 3.8) is 0 Å². The maximum Gasteiger partial charge on any atom is 0.311 e. The zero-order valence-corrected chi connectivity index (χ0v) is 9.24. The minimum atomic E-state index is -2.93. The van der Waals surface area contributed by atoms with E-state index < -0.39 is 23.7 Å². The molecular weight excluding hydrogens is 236 g/mol. The molecule has 1 N–H and O–H groups in total. The summed E-state index contributed by atoms with van der Waals surface area (Å²) in [6.45, 7) is 0. The Balaban J connectivity index is 3.23. The molecule has 0 saturated heterocycles. The second-order valence-corrected chi connectivity index (χ2v) is 3.09. The van der Waals surface area contributed by atoms with Crippen LogP contribution >= 0.6 is 0 Å². The van der Waals surface area contributed by atoms with E-state index >= 15 is 0 Å². The monoisotopic (exact) mass is 247 g/mol. The van der Waals surface area contributed by atoms with Gasteiger partial charge in [-0.2, -0.15) is 0 Å². The molecule has 0 saturated carbocycles. The molecule has 5 nitrogen and oxygen atoms in total. The summed E-state index contributed by atoms with van der Waals surface area (Å²) in [6.07, 6.45) is -2.38. The molecule has 94 valence electrons. The van der Waals surface area contributed by atoms with Crippen LogP contribution in [-0.4, -0.2) is 30.3 Å². The van der Waals surface area contributed by atoms with Crippen molar-refractivity contribution in [1.29, 1.82) is 0 Å². The molecule has 1 aromatic rings. The molecule has 0 amide bonds. The maximum atomic E-state index is 12.7. The Kier molecular flexibility index (Phi) is 4.19. The Morgan fingerprint density at radius 1 is 1.53 bits per heavy atom. The molecular formula is C10H11F2NO4. The number of methoxy groups -OCH3 is 2. The number of alkyl halides is 2. The van der Waals surface area contributed by atoms with Crippen molar-refractivity contribution in [3.8, 4) is 11.5 Å². The summed E-state index contributed by atoms with van der Waals surface area (Å²) >= 11 is 0. The Morgan fingerprint density at radius 3 is 2.65 bits per heavy atom. The molecule has 0 atom stereocenters. The lowest BCUT2D eigenvalue weighted by atomic mass is 10.1. The van der Waals surface area contributed by atoms with Gasteiger partial charge in [0.2, 0.25) is 0 Å². The van der Waals surface area contributed by atoms with Crippen molar-refractivity contribution in [3.05, 3.63) is 17.5 Å². The molecule has 0 unspecified atom stereocenters. The first-order chi connectivity index (χ1) is 8.01. The van der Waals surface area contributed by atoms with Gasteiger partial charge in [-0.1, -0.05) is 0 Å². The van der Waals surface area contributed by atoms with Gasteiger partial charge in [-0.15, -0.1) is 0 Å². The third-order valence-corrected chi connectivity index (χ3v) is 2.09. The fourth-order valence-corrected chi connectivity index (χ4v) is 1.31. The number of hydrogen-bond donors (Lipinski definition) is 1. The summed E-state index contributed by atoms with van der Waals surface area (Å²) < 4.78 is 34.5. The molecule has 0 aliphatic heterocycles. The number of rotatable bonds is 4. The highest BCUT2D eigenvalue weighted by Crippen LogP contribution is 2.37. The van der Waals surface area contributed by atoms with Crippen LogP contribution in [0.1, 0.15) is 17.7 Å². The van der Waals surface area contributed by atoms with E-state index in [0.29, 0.717) is 0 Å². The van der Waals surface area contributed by atoms with Crippen molar-refractivity contribution in [2.45, 2.75) is 12.8 Å². The number of hydrogen-bond acceptors (Lipinski definition) is 5. The summed E-state index contributed by atoms with van der Waals surface area (Å²) in [6, 6.07) is 0. The minimum absolute atomic E-state index is 0.00699. The first-order valence-corrected chi connectivity index (χ1v) is 4.61. The standard InChI is InChI=1S/C10H11F2NO4/c1-16-7(15)3-5-9(17-2)8(10(11)12)6(14)4-13-5/h4,10,14H,3H2,1-2H3. The Morgan fingerprint density at radius 2 is 2.18 bits per heavy atom. The summed E-state index contributed by atoms with van der Waals surface area (Å²) in [5.41, 5.74) is -0.686. The number of nitrogens with zero attached hydrogens (tertiary/aromatic N) is 1. The van der Waals surface area contributed by atoms with Crippen LogP contribution in [0.15, 0.2) is 6.20 Å². The smallest absolute Gasteiger partial charge is 0.311 e. The van der Waals surface area contributed by atoms with Gasteiger partial charge < -0.3 is 14.6 Å². The topological polar surface area (TPSA) is 68.7 Å². The summed E-state index contributed by atoms with van der Waals surface area (Å²) in [5.74, 6) is -1.61. The minimum Gasteiger partial charge on any atom is -0.506 e. The van der Waals surface area contributed by atoms with Gasteiger partial charge in [-0.25, -0.2) is 8.78 Å². The van der Waals surface area contributed by atoms with E-state index in [-0.39, 0.29) is 17.9 Å². The first kappa shape index (κ1) is 13.1. The van der Waals surface area contributed by atoms with Gasteiger partial charge in [0.15, 0.2) is 5.75 Å². The second kappa shape index (κ2) is 5.42. The van der Waals surface area contributed by atoms with Gasteiger partial charge >= 0.3 is 5.97 Å². The molecule has 0 aliphatic rings. The molecule has 0 fully saturated rings. The van der Waals surface area contributed by atoms with E-state index in [4.69, 9.17) is 4.74 Å². The molecule has 1 aromatic heterocycles. The van der Waals surface area contributed by atoms with Gasteiger partial charge in [-0.05, 0) is 0 Å². The molecule has 0 aliphatic carbocycles. The Bertz CT molecular complexity index is 423. The third-order valence-electron chi connectivity index (χ3n) is 2.09. The molecule has 0 spiro atoms. The van der Waals surface area contributed by atoms with Crippen LogP contribution in [0.2, 0.25) is 0 Å². The number of esters is 1. The van der Waals surface area contributed by atoms with Gasteiger partial charge in [0, 0.05) is 0 Å². The van der Waals surface area contributed by atoms with Crippen LogP contribution in [0, 0.1) is 0 Å². The lowest BCUT2D eigenvalue weighted by Crippen LogP contribution is -2.09. The molecule has 0 bridgehead atoms. The number of halogens is 2. The highest BCUT2D eigenvalue weighted by molar-refractivity contribution is 5.73. The molecule has 17 heavy (non-hydrogen) atoms. The Hall–Kier alpha value is -1.92.